The molecular formula is C24H25N3. The summed E-state index contributed by atoms with van der Waals surface area (Å²) in [5, 5.41) is 3.60. The molecule has 2 aromatic heterocycles. The van der Waals surface area contributed by atoms with Crippen molar-refractivity contribution in [2.75, 3.05) is 6.54 Å². The molecular weight excluding hydrogens is 330 g/mol. The second kappa shape index (κ2) is 8.19. The van der Waals surface area contributed by atoms with Crippen LogP contribution in [0.15, 0.2) is 79.0 Å². The van der Waals surface area contributed by atoms with E-state index in [1.807, 2.05) is 6.07 Å². The van der Waals surface area contributed by atoms with E-state index in [1.165, 1.54) is 22.4 Å². The number of rotatable bonds is 7. The summed E-state index contributed by atoms with van der Waals surface area (Å²) in [7, 11) is 0. The van der Waals surface area contributed by atoms with Crippen molar-refractivity contribution in [3.05, 3.63) is 95.8 Å². The topological polar surface area (TPSA) is 29.3 Å². The molecule has 3 nitrogen and oxygen atoms in total. The molecule has 1 N–H and O–H groups in total. The Bertz CT molecular complexity index is 1000. The first-order valence-corrected chi connectivity index (χ1v) is 9.65. The van der Waals surface area contributed by atoms with Crippen molar-refractivity contribution < 1.29 is 0 Å². The van der Waals surface area contributed by atoms with Gasteiger partial charge in [0, 0.05) is 18.3 Å². The van der Waals surface area contributed by atoms with Crippen LogP contribution in [0.3, 0.4) is 0 Å². The molecule has 0 spiro atoms. The van der Waals surface area contributed by atoms with Gasteiger partial charge in [-0.2, -0.15) is 0 Å². The van der Waals surface area contributed by atoms with Crippen LogP contribution in [-0.2, 0) is 19.4 Å². The Morgan fingerprint density at radius 1 is 0.852 bits per heavy atom. The Morgan fingerprint density at radius 2 is 1.63 bits per heavy atom. The fourth-order valence-electron chi connectivity index (χ4n) is 3.43. The third kappa shape index (κ3) is 3.93. The molecule has 2 heterocycles. The van der Waals surface area contributed by atoms with Crippen molar-refractivity contribution in [3.8, 4) is 11.3 Å². The molecule has 4 rings (SSSR count). The number of nitrogens with zero attached hydrogens (tertiary/aromatic N) is 2. The van der Waals surface area contributed by atoms with E-state index in [2.05, 4.69) is 89.6 Å². The first-order chi connectivity index (χ1) is 13.3. The van der Waals surface area contributed by atoms with Crippen molar-refractivity contribution in [3.63, 3.8) is 0 Å². The van der Waals surface area contributed by atoms with Gasteiger partial charge in [-0.05, 0) is 42.6 Å². The Hall–Kier alpha value is -2.91. The zero-order valence-electron chi connectivity index (χ0n) is 15.7. The molecule has 0 atom stereocenters. The number of fused-ring (bicyclic) bond motifs is 1. The van der Waals surface area contributed by atoms with E-state index in [0.717, 1.165) is 37.3 Å². The van der Waals surface area contributed by atoms with Gasteiger partial charge >= 0.3 is 0 Å². The average molecular weight is 355 g/mol. The summed E-state index contributed by atoms with van der Waals surface area (Å²) in [6, 6.07) is 25.6. The SMILES string of the molecule is CCc1ccc(-c2nc3ccccn3c2CNCCc2ccccc2)cc1. The summed E-state index contributed by atoms with van der Waals surface area (Å²) in [5.74, 6) is 0. The van der Waals surface area contributed by atoms with Gasteiger partial charge in [-0.1, -0.05) is 67.6 Å². The Labute approximate surface area is 160 Å². The summed E-state index contributed by atoms with van der Waals surface area (Å²) in [4.78, 5) is 4.90. The Kier molecular flexibility index (Phi) is 5.31. The number of aromatic nitrogens is 2. The first kappa shape index (κ1) is 17.5. The monoisotopic (exact) mass is 355 g/mol. The lowest BCUT2D eigenvalue weighted by Gasteiger charge is -2.08. The lowest BCUT2D eigenvalue weighted by atomic mass is 10.1. The maximum Gasteiger partial charge on any atom is 0.137 e. The zero-order chi connectivity index (χ0) is 18.5. The molecule has 0 radical (unpaired) electrons. The van der Waals surface area contributed by atoms with Gasteiger partial charge in [0.15, 0.2) is 0 Å². The highest BCUT2D eigenvalue weighted by Crippen LogP contribution is 2.25. The van der Waals surface area contributed by atoms with Gasteiger partial charge in [-0.3, -0.25) is 0 Å². The van der Waals surface area contributed by atoms with Crippen LogP contribution in [-0.4, -0.2) is 15.9 Å². The Balaban J connectivity index is 1.56. The van der Waals surface area contributed by atoms with Crippen molar-refractivity contribution in [1.29, 1.82) is 0 Å². The molecule has 0 unspecified atom stereocenters. The number of pyridine rings is 1. The highest BCUT2D eigenvalue weighted by atomic mass is 15.0. The molecule has 27 heavy (non-hydrogen) atoms. The van der Waals surface area contributed by atoms with E-state index in [4.69, 9.17) is 4.98 Å². The van der Waals surface area contributed by atoms with E-state index in [-0.39, 0.29) is 0 Å². The minimum atomic E-state index is 0.795. The molecule has 0 saturated carbocycles. The van der Waals surface area contributed by atoms with Crippen molar-refractivity contribution in [1.82, 2.24) is 14.7 Å². The maximum absolute atomic E-state index is 4.90. The average Bonchev–Trinajstić information content (AvgIpc) is 3.11. The van der Waals surface area contributed by atoms with Crippen LogP contribution in [0.2, 0.25) is 0 Å². The van der Waals surface area contributed by atoms with Crippen molar-refractivity contribution in [2.45, 2.75) is 26.3 Å². The molecule has 4 aromatic rings. The number of benzene rings is 2. The third-order valence-electron chi connectivity index (χ3n) is 4.99. The molecule has 2 aromatic carbocycles. The molecule has 3 heteroatoms. The third-order valence-corrected chi connectivity index (χ3v) is 4.99. The van der Waals surface area contributed by atoms with Gasteiger partial charge in [0.1, 0.15) is 5.65 Å². The van der Waals surface area contributed by atoms with E-state index in [0.29, 0.717) is 0 Å². The number of imidazole rings is 1. The Morgan fingerprint density at radius 3 is 2.41 bits per heavy atom. The fourth-order valence-corrected chi connectivity index (χ4v) is 3.43. The van der Waals surface area contributed by atoms with Crippen LogP contribution in [0.5, 0.6) is 0 Å². The van der Waals surface area contributed by atoms with Crippen molar-refractivity contribution >= 4 is 5.65 Å². The zero-order valence-corrected chi connectivity index (χ0v) is 15.7. The quantitative estimate of drug-likeness (QED) is 0.478. The minimum absolute atomic E-state index is 0.795. The minimum Gasteiger partial charge on any atom is -0.311 e. The normalized spacial score (nSPS) is 11.1. The van der Waals surface area contributed by atoms with Crippen LogP contribution < -0.4 is 5.32 Å². The molecule has 0 fully saturated rings. The van der Waals surface area contributed by atoms with Crippen LogP contribution in [0, 0.1) is 0 Å². The summed E-state index contributed by atoms with van der Waals surface area (Å²) < 4.78 is 2.19. The number of hydrogen-bond acceptors (Lipinski definition) is 2. The van der Waals surface area contributed by atoms with Gasteiger partial charge in [0.2, 0.25) is 0 Å². The standard InChI is InChI=1S/C24H25N3/c1-2-19-11-13-21(14-12-19)24-22(27-17-7-6-10-23(27)26-24)18-25-16-15-20-8-4-3-5-9-20/h3-14,17,25H,2,15-16,18H2,1H3. The van der Waals surface area contributed by atoms with E-state index in [1.54, 1.807) is 0 Å². The molecule has 136 valence electrons. The van der Waals surface area contributed by atoms with Crippen LogP contribution in [0.25, 0.3) is 16.9 Å². The van der Waals surface area contributed by atoms with E-state index in [9.17, 15) is 0 Å². The highest BCUT2D eigenvalue weighted by molar-refractivity contribution is 5.66. The molecule has 0 amide bonds. The molecule has 0 bridgehead atoms. The van der Waals surface area contributed by atoms with Crippen LogP contribution in [0.4, 0.5) is 0 Å². The smallest absolute Gasteiger partial charge is 0.137 e. The second-order valence-electron chi connectivity index (χ2n) is 6.80. The van der Waals surface area contributed by atoms with Crippen LogP contribution in [0.1, 0.15) is 23.7 Å². The maximum atomic E-state index is 4.90. The fraction of sp³-hybridized carbons (Fsp3) is 0.208. The summed E-state index contributed by atoms with van der Waals surface area (Å²) in [6.07, 6.45) is 4.18. The molecule has 0 saturated heterocycles. The lowest BCUT2D eigenvalue weighted by molar-refractivity contribution is 0.672. The van der Waals surface area contributed by atoms with E-state index >= 15 is 0 Å². The number of nitrogens with one attached hydrogen (secondary N) is 1. The molecule has 0 aliphatic rings. The van der Waals surface area contributed by atoms with Crippen molar-refractivity contribution in [2.24, 2.45) is 0 Å². The summed E-state index contributed by atoms with van der Waals surface area (Å²) >= 11 is 0. The number of hydrogen-bond donors (Lipinski definition) is 1. The second-order valence-corrected chi connectivity index (χ2v) is 6.80. The lowest BCUT2D eigenvalue weighted by Crippen LogP contribution is -2.18. The van der Waals surface area contributed by atoms with Gasteiger partial charge in [-0.15, -0.1) is 0 Å². The van der Waals surface area contributed by atoms with Gasteiger partial charge in [0.05, 0.1) is 11.4 Å². The largest absolute Gasteiger partial charge is 0.311 e. The highest BCUT2D eigenvalue weighted by Gasteiger charge is 2.13. The summed E-state index contributed by atoms with van der Waals surface area (Å²) in [5.41, 5.74) is 7.16. The first-order valence-electron chi connectivity index (χ1n) is 9.65. The van der Waals surface area contributed by atoms with E-state index < -0.39 is 0 Å². The molecule has 0 aliphatic heterocycles. The number of aryl methyl sites for hydroxylation is 1. The predicted octanol–water partition coefficient (Wildman–Crippen LogP) is 4.90. The van der Waals surface area contributed by atoms with Crippen LogP contribution >= 0.6 is 0 Å². The molecule has 0 aliphatic carbocycles. The van der Waals surface area contributed by atoms with Gasteiger partial charge in [-0.25, -0.2) is 4.98 Å². The van der Waals surface area contributed by atoms with Gasteiger partial charge < -0.3 is 9.72 Å². The predicted molar refractivity (Wildman–Crippen MR) is 112 cm³/mol. The summed E-state index contributed by atoms with van der Waals surface area (Å²) in [6.45, 7) is 3.92. The van der Waals surface area contributed by atoms with Gasteiger partial charge in [0.25, 0.3) is 0 Å².